The van der Waals surface area contributed by atoms with Gasteiger partial charge in [-0.1, -0.05) is 0 Å². The van der Waals surface area contributed by atoms with Crippen molar-refractivity contribution < 1.29 is 23.5 Å². The van der Waals surface area contributed by atoms with E-state index in [1.54, 1.807) is 53.9 Å². The van der Waals surface area contributed by atoms with E-state index >= 15 is 0 Å². The fourth-order valence-corrected chi connectivity index (χ4v) is 4.27. The second kappa shape index (κ2) is 10.2. The number of aryl methyl sites for hydroxylation is 1. The topological polar surface area (TPSA) is 114 Å². The van der Waals surface area contributed by atoms with Crippen LogP contribution in [0.5, 0.6) is 0 Å². The first kappa shape index (κ1) is 27.9. The molecule has 0 aliphatic heterocycles. The van der Waals surface area contributed by atoms with E-state index in [1.807, 2.05) is 24.6 Å². The molecule has 0 saturated heterocycles. The Morgan fingerprint density at radius 3 is 2.41 bits per heavy atom. The Bertz CT molecular complexity index is 1540. The van der Waals surface area contributed by atoms with Gasteiger partial charge in [0.1, 0.15) is 33.7 Å². The van der Waals surface area contributed by atoms with E-state index in [0.29, 0.717) is 45.9 Å². The summed E-state index contributed by atoms with van der Waals surface area (Å²) < 4.78 is 27.4. The molecule has 0 atom stereocenters. The van der Waals surface area contributed by atoms with Crippen molar-refractivity contribution in [3.8, 4) is 11.3 Å². The van der Waals surface area contributed by atoms with Crippen LogP contribution >= 0.6 is 0 Å². The number of aromatic nitrogens is 4. The number of nitrogens with one attached hydrogen (secondary N) is 2. The van der Waals surface area contributed by atoms with Crippen LogP contribution < -0.4 is 10.2 Å². The molecule has 2 amide bonds. The molecule has 39 heavy (non-hydrogen) atoms. The van der Waals surface area contributed by atoms with E-state index in [1.165, 1.54) is 17.0 Å². The number of alkyl carbamates (subject to hydrolysis) is 1. The summed E-state index contributed by atoms with van der Waals surface area (Å²) in [6, 6.07) is 6.48. The third-order valence-corrected chi connectivity index (χ3v) is 5.81. The number of hydrogen-bond donors (Lipinski definition) is 2. The van der Waals surface area contributed by atoms with Crippen molar-refractivity contribution in [1.29, 1.82) is 0 Å². The minimum atomic E-state index is -0.673. The molecule has 0 spiro atoms. The molecule has 11 heteroatoms. The third kappa shape index (κ3) is 6.13. The van der Waals surface area contributed by atoms with Crippen LogP contribution in [-0.2, 0) is 23.1 Å². The Labute approximate surface area is 226 Å². The SMILES string of the molecule is CCN(C(=O)OC(C)(C)C)c1nc2c(cc(-c3cc(F)cc(CNC(=O)OC(C)(C)C)c3)n2C)c2nc[nH]c12. The van der Waals surface area contributed by atoms with Crippen LogP contribution in [0.1, 0.15) is 54.0 Å². The van der Waals surface area contributed by atoms with Crippen LogP contribution in [0.15, 0.2) is 30.6 Å². The highest BCUT2D eigenvalue weighted by Gasteiger charge is 2.27. The van der Waals surface area contributed by atoms with Gasteiger partial charge in [-0.05, 0) is 78.3 Å². The number of aromatic amines is 1. The molecule has 208 valence electrons. The molecular formula is C28H35FN6O4. The van der Waals surface area contributed by atoms with Gasteiger partial charge in [-0.25, -0.2) is 23.9 Å². The molecular weight excluding hydrogens is 503 g/mol. The number of imidazole rings is 1. The zero-order chi connectivity index (χ0) is 28.7. The number of H-pyrrole nitrogens is 1. The van der Waals surface area contributed by atoms with Crippen molar-refractivity contribution in [3.63, 3.8) is 0 Å². The minimum Gasteiger partial charge on any atom is -0.444 e. The average Bonchev–Trinajstić information content (AvgIpc) is 3.41. The molecule has 0 unspecified atom stereocenters. The zero-order valence-corrected chi connectivity index (χ0v) is 23.6. The molecule has 3 heterocycles. The van der Waals surface area contributed by atoms with Gasteiger partial charge in [-0.3, -0.25) is 4.90 Å². The molecule has 1 aromatic carbocycles. The van der Waals surface area contributed by atoms with Crippen LogP contribution in [0, 0.1) is 5.82 Å². The van der Waals surface area contributed by atoms with Crippen LogP contribution in [0.2, 0.25) is 0 Å². The number of nitrogens with zero attached hydrogens (tertiary/aromatic N) is 4. The van der Waals surface area contributed by atoms with Crippen molar-refractivity contribution in [1.82, 2.24) is 24.8 Å². The molecule has 4 aromatic rings. The first-order valence-electron chi connectivity index (χ1n) is 12.8. The first-order chi connectivity index (χ1) is 18.2. The number of hydrogen-bond acceptors (Lipinski definition) is 6. The Kier molecular flexibility index (Phi) is 7.29. The molecule has 0 aliphatic carbocycles. The fourth-order valence-electron chi connectivity index (χ4n) is 4.27. The highest BCUT2D eigenvalue weighted by molar-refractivity contribution is 6.09. The maximum absolute atomic E-state index is 14.7. The van der Waals surface area contributed by atoms with Crippen molar-refractivity contribution in [3.05, 3.63) is 42.0 Å². The van der Waals surface area contributed by atoms with Crippen molar-refractivity contribution in [2.24, 2.45) is 7.05 Å². The summed E-state index contributed by atoms with van der Waals surface area (Å²) in [5.74, 6) is -0.0552. The largest absolute Gasteiger partial charge is 0.444 e. The normalized spacial score (nSPS) is 12.1. The number of halogens is 1. The summed E-state index contributed by atoms with van der Waals surface area (Å²) in [6.45, 7) is 13.0. The van der Waals surface area contributed by atoms with E-state index in [4.69, 9.17) is 14.5 Å². The van der Waals surface area contributed by atoms with E-state index in [9.17, 15) is 14.0 Å². The number of ether oxygens (including phenoxy) is 2. The third-order valence-electron chi connectivity index (χ3n) is 5.81. The molecule has 2 N–H and O–H groups in total. The van der Waals surface area contributed by atoms with Gasteiger partial charge in [-0.2, -0.15) is 0 Å². The Balaban J connectivity index is 1.75. The molecule has 0 bridgehead atoms. The summed E-state index contributed by atoms with van der Waals surface area (Å²) in [4.78, 5) is 39.0. The van der Waals surface area contributed by atoms with Crippen LogP contribution in [0.4, 0.5) is 19.8 Å². The number of pyridine rings is 1. The standard InChI is InChI=1S/C28H35FN6O4/c1-9-35(26(37)39-28(5,6)7)24-22-21(31-15-32-22)19-13-20(34(8)23(19)33-24)17-10-16(11-18(29)12-17)14-30-25(36)38-27(2,3)4/h10-13,15H,9,14H2,1-8H3,(H,30,36)(H,31,32). The van der Waals surface area contributed by atoms with Gasteiger partial charge in [0, 0.05) is 31.1 Å². The molecule has 3 aromatic heterocycles. The predicted molar refractivity (Wildman–Crippen MR) is 148 cm³/mol. The van der Waals surface area contributed by atoms with Gasteiger partial charge >= 0.3 is 12.2 Å². The van der Waals surface area contributed by atoms with Gasteiger partial charge in [0.15, 0.2) is 5.82 Å². The van der Waals surface area contributed by atoms with Gasteiger partial charge < -0.3 is 24.3 Å². The lowest BCUT2D eigenvalue weighted by atomic mass is 10.1. The van der Waals surface area contributed by atoms with Crippen molar-refractivity contribution in [2.45, 2.75) is 66.2 Å². The smallest absolute Gasteiger partial charge is 0.416 e. The number of rotatable bonds is 5. The quantitative estimate of drug-likeness (QED) is 0.320. The lowest BCUT2D eigenvalue weighted by Crippen LogP contribution is -2.37. The summed E-state index contributed by atoms with van der Waals surface area (Å²) >= 11 is 0. The highest BCUT2D eigenvalue weighted by atomic mass is 19.1. The van der Waals surface area contributed by atoms with E-state index < -0.39 is 29.2 Å². The van der Waals surface area contributed by atoms with E-state index in [2.05, 4.69) is 15.3 Å². The Morgan fingerprint density at radius 1 is 1.08 bits per heavy atom. The molecule has 10 nitrogen and oxygen atoms in total. The van der Waals surface area contributed by atoms with Crippen LogP contribution in [0.3, 0.4) is 0 Å². The van der Waals surface area contributed by atoms with Crippen LogP contribution in [-0.4, -0.2) is 49.5 Å². The van der Waals surface area contributed by atoms with Crippen molar-refractivity contribution in [2.75, 3.05) is 11.4 Å². The summed E-state index contributed by atoms with van der Waals surface area (Å²) in [6.07, 6.45) is 0.448. The number of amides is 2. The van der Waals surface area contributed by atoms with Gasteiger partial charge in [0.25, 0.3) is 0 Å². The monoisotopic (exact) mass is 538 g/mol. The second-order valence-corrected chi connectivity index (χ2v) is 11.3. The van der Waals surface area contributed by atoms with Gasteiger partial charge in [0.2, 0.25) is 0 Å². The molecule has 0 aliphatic rings. The molecule has 4 rings (SSSR count). The summed E-state index contributed by atoms with van der Waals surface area (Å²) in [5, 5.41) is 3.41. The zero-order valence-electron chi connectivity index (χ0n) is 23.6. The molecule has 0 radical (unpaired) electrons. The Hall–Kier alpha value is -4.15. The summed E-state index contributed by atoms with van der Waals surface area (Å²) in [5.41, 5.74) is 2.34. The van der Waals surface area contributed by atoms with Gasteiger partial charge in [0.05, 0.1) is 12.0 Å². The summed E-state index contributed by atoms with van der Waals surface area (Å²) in [7, 11) is 1.82. The maximum Gasteiger partial charge on any atom is 0.416 e. The Morgan fingerprint density at radius 2 is 1.77 bits per heavy atom. The average molecular weight is 539 g/mol. The van der Waals surface area contributed by atoms with E-state index in [0.717, 1.165) is 5.39 Å². The van der Waals surface area contributed by atoms with Gasteiger partial charge in [-0.15, -0.1) is 0 Å². The number of anilines is 1. The molecule has 0 fully saturated rings. The fraction of sp³-hybridized carbons (Fsp3) is 0.429. The lowest BCUT2D eigenvalue weighted by molar-refractivity contribution is 0.0521. The second-order valence-electron chi connectivity index (χ2n) is 11.3. The highest BCUT2D eigenvalue weighted by Crippen LogP contribution is 2.35. The maximum atomic E-state index is 14.7. The first-order valence-corrected chi connectivity index (χ1v) is 12.8. The number of fused-ring (bicyclic) bond motifs is 3. The van der Waals surface area contributed by atoms with Crippen LogP contribution in [0.25, 0.3) is 33.3 Å². The molecule has 0 saturated carbocycles. The number of carbonyl (C=O) groups excluding carboxylic acids is 2. The minimum absolute atomic E-state index is 0.0942. The number of benzene rings is 1. The number of carbonyl (C=O) groups is 2. The lowest BCUT2D eigenvalue weighted by Gasteiger charge is -2.26. The van der Waals surface area contributed by atoms with E-state index in [-0.39, 0.29) is 6.54 Å². The van der Waals surface area contributed by atoms with Crippen molar-refractivity contribution >= 4 is 40.1 Å². The predicted octanol–water partition coefficient (Wildman–Crippen LogP) is 6.04.